The number of aromatic nitrogens is 2. The molecule has 3 rings (SSSR count). The number of nitrogens with one attached hydrogen (secondary N) is 1. The Labute approximate surface area is 121 Å². The number of nitrogens with zero attached hydrogens (tertiary/aromatic N) is 2. The molecule has 0 aliphatic carbocycles. The number of piperidine rings is 1. The van der Waals surface area contributed by atoms with Crippen molar-refractivity contribution in [2.45, 2.75) is 33.2 Å². The van der Waals surface area contributed by atoms with Crippen LogP contribution in [0.2, 0.25) is 0 Å². The topological polar surface area (TPSA) is 29.9 Å². The van der Waals surface area contributed by atoms with Crippen molar-refractivity contribution in [2.24, 2.45) is 5.92 Å². The zero-order valence-electron chi connectivity index (χ0n) is 12.4. The molecule has 0 spiro atoms. The average Bonchev–Trinajstić information content (AvgIpc) is 2.91. The normalized spacial score (nSPS) is 19.2. The summed E-state index contributed by atoms with van der Waals surface area (Å²) in [6.07, 6.45) is 6.76. The van der Waals surface area contributed by atoms with Gasteiger partial charge in [0.1, 0.15) is 0 Å². The van der Waals surface area contributed by atoms with E-state index in [4.69, 9.17) is 0 Å². The van der Waals surface area contributed by atoms with Gasteiger partial charge in [-0.2, -0.15) is 5.10 Å². The fourth-order valence-electron chi connectivity index (χ4n) is 2.88. The number of aryl methyl sites for hydroxylation is 2. The molecule has 1 fully saturated rings. The highest BCUT2D eigenvalue weighted by Crippen LogP contribution is 2.22. The van der Waals surface area contributed by atoms with E-state index in [1.165, 1.54) is 41.6 Å². The van der Waals surface area contributed by atoms with E-state index in [0.717, 1.165) is 19.0 Å². The molecule has 3 nitrogen and oxygen atoms in total. The molecule has 1 aromatic carbocycles. The maximum atomic E-state index is 4.53. The molecule has 20 heavy (non-hydrogen) atoms. The molecule has 106 valence electrons. The van der Waals surface area contributed by atoms with Gasteiger partial charge < -0.3 is 5.32 Å². The van der Waals surface area contributed by atoms with Gasteiger partial charge in [0.25, 0.3) is 0 Å². The molecular weight excluding hydrogens is 246 g/mol. The van der Waals surface area contributed by atoms with E-state index in [9.17, 15) is 0 Å². The first-order valence-electron chi connectivity index (χ1n) is 7.53. The smallest absolute Gasteiger partial charge is 0.0568 e. The van der Waals surface area contributed by atoms with Gasteiger partial charge in [-0.3, -0.25) is 4.68 Å². The summed E-state index contributed by atoms with van der Waals surface area (Å²) in [6.45, 7) is 7.63. The Balaban J connectivity index is 1.73. The third-order valence-corrected chi connectivity index (χ3v) is 4.32. The average molecular weight is 269 g/mol. The summed E-state index contributed by atoms with van der Waals surface area (Å²) in [6, 6.07) is 6.62. The van der Waals surface area contributed by atoms with Gasteiger partial charge in [-0.1, -0.05) is 18.2 Å². The number of benzene rings is 1. The van der Waals surface area contributed by atoms with Gasteiger partial charge in [-0.25, -0.2) is 0 Å². The fourth-order valence-corrected chi connectivity index (χ4v) is 2.88. The summed E-state index contributed by atoms with van der Waals surface area (Å²) in [5, 5.41) is 7.99. The highest BCUT2D eigenvalue weighted by Gasteiger charge is 2.14. The van der Waals surface area contributed by atoms with Crippen molar-refractivity contribution in [1.82, 2.24) is 15.1 Å². The molecule has 2 heterocycles. The molecule has 1 saturated heterocycles. The molecule has 1 aliphatic rings. The first-order chi connectivity index (χ1) is 9.72. The monoisotopic (exact) mass is 269 g/mol. The van der Waals surface area contributed by atoms with Crippen LogP contribution >= 0.6 is 0 Å². The van der Waals surface area contributed by atoms with Crippen LogP contribution in [-0.2, 0) is 6.54 Å². The summed E-state index contributed by atoms with van der Waals surface area (Å²) in [5.74, 6) is 0.719. The van der Waals surface area contributed by atoms with Gasteiger partial charge >= 0.3 is 0 Å². The van der Waals surface area contributed by atoms with Crippen molar-refractivity contribution in [3.63, 3.8) is 0 Å². The van der Waals surface area contributed by atoms with E-state index < -0.39 is 0 Å². The van der Waals surface area contributed by atoms with Crippen LogP contribution in [0.3, 0.4) is 0 Å². The number of hydrogen-bond acceptors (Lipinski definition) is 2. The Hall–Kier alpha value is -1.61. The lowest BCUT2D eigenvalue weighted by Crippen LogP contribution is -2.32. The van der Waals surface area contributed by atoms with Gasteiger partial charge in [-0.05, 0) is 62.4 Å². The van der Waals surface area contributed by atoms with Crippen LogP contribution in [0.25, 0.3) is 11.1 Å². The van der Waals surface area contributed by atoms with Crippen LogP contribution in [0, 0.1) is 19.8 Å². The van der Waals surface area contributed by atoms with Crippen LogP contribution < -0.4 is 5.32 Å². The molecule has 3 heteroatoms. The highest BCUT2D eigenvalue weighted by molar-refractivity contribution is 5.63. The van der Waals surface area contributed by atoms with E-state index in [-0.39, 0.29) is 0 Å². The molecular formula is C17H23N3. The maximum Gasteiger partial charge on any atom is 0.0568 e. The summed E-state index contributed by atoms with van der Waals surface area (Å²) in [7, 11) is 0. The quantitative estimate of drug-likeness (QED) is 0.927. The lowest BCUT2D eigenvalue weighted by Gasteiger charge is -2.22. The van der Waals surface area contributed by atoms with Crippen LogP contribution in [0.1, 0.15) is 24.0 Å². The van der Waals surface area contributed by atoms with Crippen molar-refractivity contribution in [1.29, 1.82) is 0 Å². The molecule has 1 unspecified atom stereocenters. The first-order valence-corrected chi connectivity index (χ1v) is 7.53. The zero-order valence-corrected chi connectivity index (χ0v) is 12.4. The van der Waals surface area contributed by atoms with Crippen LogP contribution in [0.15, 0.2) is 30.6 Å². The second kappa shape index (κ2) is 5.80. The van der Waals surface area contributed by atoms with Crippen LogP contribution in [0.4, 0.5) is 0 Å². The predicted octanol–water partition coefficient (Wildman–Crippen LogP) is 3.17. The van der Waals surface area contributed by atoms with Crippen molar-refractivity contribution in [2.75, 3.05) is 13.1 Å². The number of hydrogen-bond donors (Lipinski definition) is 1. The van der Waals surface area contributed by atoms with Crippen LogP contribution in [-0.4, -0.2) is 22.9 Å². The lowest BCUT2D eigenvalue weighted by molar-refractivity contribution is 0.325. The van der Waals surface area contributed by atoms with Gasteiger partial charge in [0, 0.05) is 18.3 Å². The molecule has 0 saturated carbocycles. The summed E-state index contributed by atoms with van der Waals surface area (Å²) < 4.78 is 2.10. The van der Waals surface area contributed by atoms with Gasteiger partial charge in [0.05, 0.1) is 6.20 Å². The van der Waals surface area contributed by atoms with E-state index in [0.29, 0.717) is 0 Å². The minimum Gasteiger partial charge on any atom is -0.316 e. The van der Waals surface area contributed by atoms with E-state index >= 15 is 0 Å². The Morgan fingerprint density at radius 1 is 1.25 bits per heavy atom. The molecule has 0 amide bonds. The van der Waals surface area contributed by atoms with Gasteiger partial charge in [0.2, 0.25) is 0 Å². The largest absolute Gasteiger partial charge is 0.316 e. The third kappa shape index (κ3) is 2.93. The molecule has 1 aromatic heterocycles. The molecule has 0 bridgehead atoms. The molecule has 0 radical (unpaired) electrons. The Morgan fingerprint density at radius 3 is 2.90 bits per heavy atom. The first kappa shape index (κ1) is 13.4. The lowest BCUT2D eigenvalue weighted by atomic mass is 10.00. The minimum absolute atomic E-state index is 0.719. The fraction of sp³-hybridized carbons (Fsp3) is 0.471. The van der Waals surface area contributed by atoms with Crippen molar-refractivity contribution in [3.8, 4) is 11.1 Å². The zero-order chi connectivity index (χ0) is 13.9. The number of rotatable bonds is 3. The van der Waals surface area contributed by atoms with Crippen molar-refractivity contribution < 1.29 is 0 Å². The van der Waals surface area contributed by atoms with Crippen LogP contribution in [0.5, 0.6) is 0 Å². The third-order valence-electron chi connectivity index (χ3n) is 4.32. The maximum absolute atomic E-state index is 4.53. The Morgan fingerprint density at radius 2 is 2.15 bits per heavy atom. The second-order valence-corrected chi connectivity index (χ2v) is 5.96. The predicted molar refractivity (Wildman–Crippen MR) is 82.7 cm³/mol. The van der Waals surface area contributed by atoms with Gasteiger partial charge in [0.15, 0.2) is 0 Å². The van der Waals surface area contributed by atoms with E-state index in [2.05, 4.69) is 53.3 Å². The van der Waals surface area contributed by atoms with Crippen molar-refractivity contribution in [3.05, 3.63) is 41.7 Å². The highest BCUT2D eigenvalue weighted by atomic mass is 15.3. The molecule has 1 N–H and O–H groups in total. The standard InChI is InChI=1S/C17H23N3/c1-13-5-6-16(8-14(13)2)17-10-19-20(12-17)11-15-4-3-7-18-9-15/h5-6,8,10,12,15,18H,3-4,7,9,11H2,1-2H3. The van der Waals surface area contributed by atoms with Gasteiger partial charge in [-0.15, -0.1) is 0 Å². The van der Waals surface area contributed by atoms with E-state index in [1.807, 2.05) is 6.20 Å². The second-order valence-electron chi connectivity index (χ2n) is 5.96. The van der Waals surface area contributed by atoms with E-state index in [1.54, 1.807) is 0 Å². The summed E-state index contributed by atoms with van der Waals surface area (Å²) in [5.41, 5.74) is 5.17. The minimum atomic E-state index is 0.719. The van der Waals surface area contributed by atoms with Crippen molar-refractivity contribution >= 4 is 0 Å². The summed E-state index contributed by atoms with van der Waals surface area (Å²) in [4.78, 5) is 0. The molecule has 1 atom stereocenters. The summed E-state index contributed by atoms with van der Waals surface area (Å²) >= 11 is 0. The Bertz CT molecular complexity index is 580. The SMILES string of the molecule is Cc1ccc(-c2cnn(CC3CCCNC3)c2)cc1C. The Kier molecular flexibility index (Phi) is 3.88. The molecule has 1 aliphatic heterocycles. The molecule has 2 aromatic rings.